The third-order valence-electron chi connectivity index (χ3n) is 5.62. The van der Waals surface area contributed by atoms with Gasteiger partial charge in [-0.3, -0.25) is 19.3 Å². The number of fused-ring (bicyclic) bond motifs is 2. The average Bonchev–Trinajstić information content (AvgIpc) is 3.18. The van der Waals surface area contributed by atoms with E-state index in [2.05, 4.69) is 10.3 Å². The molecule has 0 unspecified atom stereocenters. The fourth-order valence-corrected chi connectivity index (χ4v) is 5.15. The van der Waals surface area contributed by atoms with Crippen molar-refractivity contribution in [3.8, 4) is 0 Å². The number of carbonyl (C=O) groups excluding carboxylic acids is 3. The van der Waals surface area contributed by atoms with Gasteiger partial charge in [-0.25, -0.2) is 4.98 Å². The second-order valence-corrected chi connectivity index (χ2v) is 9.36. The number of amides is 3. The van der Waals surface area contributed by atoms with Gasteiger partial charge in [-0.1, -0.05) is 43.4 Å². The number of thiazole rings is 1. The van der Waals surface area contributed by atoms with Gasteiger partial charge in [0.25, 0.3) is 0 Å². The molecule has 3 atom stereocenters. The summed E-state index contributed by atoms with van der Waals surface area (Å²) in [6.45, 7) is 5.98. The molecule has 0 spiro atoms. The Balaban J connectivity index is 1.59. The first-order chi connectivity index (χ1) is 13.8. The van der Waals surface area contributed by atoms with Crippen LogP contribution in [0.5, 0.6) is 0 Å². The van der Waals surface area contributed by atoms with Crippen molar-refractivity contribution in [3.63, 3.8) is 0 Å². The van der Waals surface area contributed by atoms with Crippen molar-refractivity contribution in [2.45, 2.75) is 46.1 Å². The molecule has 0 saturated carbocycles. The molecule has 1 saturated heterocycles. The minimum atomic E-state index is -0.811. The monoisotopic (exact) mass is 411 g/mol. The Morgan fingerprint density at radius 3 is 2.48 bits per heavy atom. The molecule has 1 N–H and O–H groups in total. The molecule has 1 aliphatic carbocycles. The zero-order chi connectivity index (χ0) is 20.7. The van der Waals surface area contributed by atoms with Crippen molar-refractivity contribution in [1.29, 1.82) is 0 Å². The first-order valence-electron chi connectivity index (χ1n) is 10.0. The van der Waals surface area contributed by atoms with Crippen LogP contribution in [0.4, 0.5) is 5.13 Å². The first-order valence-corrected chi connectivity index (χ1v) is 10.9. The predicted octanol–water partition coefficient (Wildman–Crippen LogP) is 3.91. The molecule has 2 heterocycles. The zero-order valence-electron chi connectivity index (χ0n) is 16.8. The minimum absolute atomic E-state index is 0.158. The highest BCUT2D eigenvalue weighted by Gasteiger charge is 2.51. The van der Waals surface area contributed by atoms with Gasteiger partial charge in [0.15, 0.2) is 5.13 Å². The van der Waals surface area contributed by atoms with Gasteiger partial charge in [-0.2, -0.15) is 0 Å². The Labute approximate surface area is 174 Å². The topological polar surface area (TPSA) is 79.4 Å². The zero-order valence-corrected chi connectivity index (χ0v) is 17.7. The van der Waals surface area contributed by atoms with Gasteiger partial charge in [-0.05, 0) is 49.8 Å². The molecule has 152 valence electrons. The Morgan fingerprint density at radius 1 is 1.21 bits per heavy atom. The Bertz CT molecular complexity index is 984. The quantitative estimate of drug-likeness (QED) is 0.598. The second-order valence-electron chi connectivity index (χ2n) is 8.33. The van der Waals surface area contributed by atoms with E-state index in [-0.39, 0.29) is 35.5 Å². The van der Waals surface area contributed by atoms with Gasteiger partial charge >= 0.3 is 0 Å². The number of anilines is 1. The molecule has 0 radical (unpaired) electrons. The number of aryl methyl sites for hydroxylation is 1. The van der Waals surface area contributed by atoms with Crippen LogP contribution >= 0.6 is 11.3 Å². The highest BCUT2D eigenvalue weighted by molar-refractivity contribution is 7.22. The summed E-state index contributed by atoms with van der Waals surface area (Å²) in [5, 5.41) is 3.35. The number of hydrogen-bond donors (Lipinski definition) is 1. The minimum Gasteiger partial charge on any atom is -0.300 e. The van der Waals surface area contributed by atoms with Crippen LogP contribution in [-0.4, -0.2) is 33.6 Å². The van der Waals surface area contributed by atoms with Gasteiger partial charge < -0.3 is 5.32 Å². The third kappa shape index (κ3) is 3.71. The number of benzene rings is 1. The Kier molecular flexibility index (Phi) is 5.25. The number of aromatic nitrogens is 1. The van der Waals surface area contributed by atoms with Crippen LogP contribution in [0.15, 0.2) is 30.4 Å². The fraction of sp³-hybridized carbons (Fsp3) is 0.455. The maximum absolute atomic E-state index is 13.2. The number of hydrogen-bond acceptors (Lipinski definition) is 5. The van der Waals surface area contributed by atoms with Gasteiger partial charge in [0.2, 0.25) is 17.7 Å². The van der Waals surface area contributed by atoms with Crippen LogP contribution in [-0.2, 0) is 14.4 Å². The maximum atomic E-state index is 13.2. The maximum Gasteiger partial charge on any atom is 0.249 e. The highest BCUT2D eigenvalue weighted by atomic mass is 32.1. The van der Waals surface area contributed by atoms with Crippen molar-refractivity contribution >= 4 is 44.4 Å². The molecule has 2 aliphatic rings. The van der Waals surface area contributed by atoms with Crippen LogP contribution < -0.4 is 5.32 Å². The molecule has 4 rings (SSSR count). The fourth-order valence-electron chi connectivity index (χ4n) is 4.18. The van der Waals surface area contributed by atoms with E-state index < -0.39 is 6.04 Å². The molecule has 3 amide bonds. The molecule has 0 bridgehead atoms. The lowest BCUT2D eigenvalue weighted by Crippen LogP contribution is -2.48. The summed E-state index contributed by atoms with van der Waals surface area (Å²) in [5.41, 5.74) is 1.95. The highest BCUT2D eigenvalue weighted by Crippen LogP contribution is 2.37. The summed E-state index contributed by atoms with van der Waals surface area (Å²) in [6.07, 6.45) is 5.48. The standard InChI is InChI=1S/C22H25N3O3S/c1-12(2)10-17(25-20(27)14-6-4-5-7-15(14)21(25)28)19(26)24-22-23-16-9-8-13(3)11-18(16)29-22/h4-5,8-9,11-12,14-15,17H,6-7,10H2,1-3H3,(H,23,24,26)/t14-,15+,17-/m1/s1. The van der Waals surface area contributed by atoms with E-state index in [1.807, 2.05) is 51.1 Å². The molecule has 6 nitrogen and oxygen atoms in total. The summed E-state index contributed by atoms with van der Waals surface area (Å²) in [7, 11) is 0. The molecule has 1 aromatic heterocycles. The summed E-state index contributed by atoms with van der Waals surface area (Å²) >= 11 is 1.40. The Morgan fingerprint density at radius 2 is 1.86 bits per heavy atom. The van der Waals surface area contributed by atoms with Gasteiger partial charge in [-0.15, -0.1) is 0 Å². The lowest BCUT2D eigenvalue weighted by atomic mass is 9.85. The van der Waals surface area contributed by atoms with Crippen molar-refractivity contribution in [2.75, 3.05) is 5.32 Å². The smallest absolute Gasteiger partial charge is 0.249 e. The van der Waals surface area contributed by atoms with Crippen LogP contribution in [0.25, 0.3) is 10.2 Å². The number of allylic oxidation sites excluding steroid dienone is 2. The van der Waals surface area contributed by atoms with Gasteiger partial charge in [0, 0.05) is 0 Å². The molecule has 29 heavy (non-hydrogen) atoms. The van der Waals surface area contributed by atoms with Gasteiger partial charge in [0.05, 0.1) is 22.1 Å². The molecule has 7 heteroatoms. The average molecular weight is 412 g/mol. The molecule has 1 fully saturated rings. The molecule has 1 aromatic carbocycles. The Hall–Kier alpha value is -2.54. The van der Waals surface area contributed by atoms with Crippen LogP contribution in [0, 0.1) is 24.7 Å². The summed E-state index contributed by atoms with van der Waals surface area (Å²) < 4.78 is 0.992. The number of rotatable bonds is 5. The molecule has 2 aromatic rings. The number of imide groups is 1. The largest absolute Gasteiger partial charge is 0.300 e. The number of nitrogens with zero attached hydrogens (tertiary/aromatic N) is 2. The SMILES string of the molecule is Cc1ccc2nc(NC(=O)[C@@H](CC(C)C)N3C(=O)[C@H]4CC=CC[C@H]4C3=O)sc2c1. The van der Waals surface area contributed by atoms with E-state index in [9.17, 15) is 14.4 Å². The van der Waals surface area contributed by atoms with E-state index in [0.717, 1.165) is 15.8 Å². The van der Waals surface area contributed by atoms with Gasteiger partial charge in [0.1, 0.15) is 6.04 Å². The normalized spacial score (nSPS) is 22.4. The van der Waals surface area contributed by atoms with E-state index in [1.54, 1.807) is 0 Å². The number of carbonyl (C=O) groups is 3. The van der Waals surface area contributed by atoms with Crippen molar-refractivity contribution in [2.24, 2.45) is 17.8 Å². The van der Waals surface area contributed by atoms with E-state index in [4.69, 9.17) is 0 Å². The predicted molar refractivity (Wildman–Crippen MR) is 113 cm³/mol. The third-order valence-corrected chi connectivity index (χ3v) is 6.56. The first kappa shape index (κ1) is 19.8. The van der Waals surface area contributed by atoms with Crippen molar-refractivity contribution in [1.82, 2.24) is 9.88 Å². The van der Waals surface area contributed by atoms with Crippen molar-refractivity contribution in [3.05, 3.63) is 35.9 Å². The van der Waals surface area contributed by atoms with Crippen LogP contribution in [0.3, 0.4) is 0 Å². The summed E-state index contributed by atoms with van der Waals surface area (Å²) in [4.78, 5) is 44.9. The lowest BCUT2D eigenvalue weighted by Gasteiger charge is -2.26. The number of likely N-dealkylation sites (tertiary alicyclic amines) is 1. The van der Waals surface area contributed by atoms with E-state index in [0.29, 0.717) is 24.4 Å². The molecular weight excluding hydrogens is 386 g/mol. The van der Waals surface area contributed by atoms with E-state index in [1.165, 1.54) is 16.2 Å². The van der Waals surface area contributed by atoms with Crippen molar-refractivity contribution < 1.29 is 14.4 Å². The molecule has 1 aliphatic heterocycles. The number of nitrogens with one attached hydrogen (secondary N) is 1. The molecular formula is C22H25N3O3S. The van der Waals surface area contributed by atoms with E-state index >= 15 is 0 Å². The van der Waals surface area contributed by atoms with Crippen LogP contribution in [0.2, 0.25) is 0 Å². The van der Waals surface area contributed by atoms with Crippen LogP contribution in [0.1, 0.15) is 38.7 Å². The second kappa shape index (κ2) is 7.71. The summed E-state index contributed by atoms with van der Waals surface area (Å²) in [6, 6.07) is 5.12. The lowest BCUT2D eigenvalue weighted by molar-refractivity contribution is -0.147. The summed E-state index contributed by atoms with van der Waals surface area (Å²) in [5.74, 6) is -1.29.